The van der Waals surface area contributed by atoms with Crippen molar-refractivity contribution < 1.29 is 45.2 Å². The number of benzene rings is 2. The van der Waals surface area contributed by atoms with Crippen molar-refractivity contribution in [2.45, 2.75) is 62.7 Å². The minimum Gasteiger partial charge on any atom is -0.455 e. The first-order chi connectivity index (χ1) is 25.7. The molecule has 54 heavy (non-hydrogen) atoms. The second kappa shape index (κ2) is 15.2. The van der Waals surface area contributed by atoms with Gasteiger partial charge in [0.2, 0.25) is 11.7 Å². The molecular formula is C37H45F3N6O7S. The Labute approximate surface area is 312 Å². The number of halogens is 3. The predicted molar refractivity (Wildman–Crippen MR) is 189 cm³/mol. The van der Waals surface area contributed by atoms with Crippen molar-refractivity contribution in [3.63, 3.8) is 0 Å². The Bertz CT molecular complexity index is 1950. The van der Waals surface area contributed by atoms with Gasteiger partial charge in [0.1, 0.15) is 28.5 Å². The number of piperidine rings is 1. The quantitative estimate of drug-likeness (QED) is 0.209. The summed E-state index contributed by atoms with van der Waals surface area (Å²) in [5.41, 5.74) is -2.24. The first kappa shape index (κ1) is 38.2. The Balaban J connectivity index is 1.10. The van der Waals surface area contributed by atoms with E-state index in [1.54, 1.807) is 18.7 Å². The van der Waals surface area contributed by atoms with Crippen molar-refractivity contribution in [2.24, 2.45) is 11.8 Å². The van der Waals surface area contributed by atoms with Crippen LogP contribution in [0.15, 0.2) is 51.9 Å². The molecule has 0 radical (unpaired) electrons. The number of nitrogens with zero attached hydrogens (tertiary/aromatic N) is 6. The topological polar surface area (TPSA) is 139 Å². The molecule has 1 saturated carbocycles. The second-order valence-corrected chi connectivity index (χ2v) is 17.0. The van der Waals surface area contributed by atoms with E-state index in [1.807, 2.05) is 0 Å². The number of carbonyl (C=O) groups is 2. The molecule has 0 N–H and O–H groups in total. The van der Waals surface area contributed by atoms with Gasteiger partial charge in [0.05, 0.1) is 24.5 Å². The average molecular weight is 775 g/mol. The maximum atomic E-state index is 14.4. The molecule has 1 aliphatic carbocycles. The molecule has 0 unspecified atom stereocenters. The molecular weight excluding hydrogens is 730 g/mol. The zero-order chi connectivity index (χ0) is 38.3. The molecule has 13 nitrogen and oxygen atoms in total. The van der Waals surface area contributed by atoms with Crippen molar-refractivity contribution in [2.75, 3.05) is 64.8 Å². The molecule has 292 valence electrons. The van der Waals surface area contributed by atoms with Gasteiger partial charge in [-0.2, -0.15) is 18.2 Å². The van der Waals surface area contributed by atoms with Crippen LogP contribution in [0.1, 0.15) is 51.0 Å². The van der Waals surface area contributed by atoms with E-state index < -0.39 is 38.9 Å². The number of imide groups is 1. The monoisotopic (exact) mass is 774 g/mol. The van der Waals surface area contributed by atoms with Crippen LogP contribution >= 0.6 is 0 Å². The van der Waals surface area contributed by atoms with Gasteiger partial charge in [0, 0.05) is 51.4 Å². The summed E-state index contributed by atoms with van der Waals surface area (Å²) in [6, 6.07) is 8.26. The van der Waals surface area contributed by atoms with Crippen LogP contribution in [0.25, 0.3) is 11.4 Å². The highest BCUT2D eigenvalue weighted by molar-refractivity contribution is 7.91. The summed E-state index contributed by atoms with van der Waals surface area (Å²) in [6.45, 7) is 9.16. The fourth-order valence-electron chi connectivity index (χ4n) is 7.54. The summed E-state index contributed by atoms with van der Waals surface area (Å²) in [4.78, 5) is 39.7. The number of likely N-dealkylation sites (tertiary alicyclic amines) is 1. The van der Waals surface area contributed by atoms with E-state index in [9.17, 15) is 31.2 Å². The van der Waals surface area contributed by atoms with E-state index in [4.69, 9.17) is 14.0 Å². The van der Waals surface area contributed by atoms with Crippen molar-refractivity contribution in [1.29, 1.82) is 0 Å². The number of alkyl halides is 3. The minimum absolute atomic E-state index is 0.0592. The Kier molecular flexibility index (Phi) is 10.8. The fourth-order valence-corrected chi connectivity index (χ4v) is 9.30. The van der Waals surface area contributed by atoms with Gasteiger partial charge in [0.25, 0.3) is 5.91 Å². The molecule has 2 aromatic carbocycles. The molecule has 3 saturated heterocycles. The number of carbonyl (C=O) groups excluding carboxylic acids is 2. The molecule has 4 aliphatic rings. The van der Waals surface area contributed by atoms with E-state index in [0.717, 1.165) is 36.7 Å². The summed E-state index contributed by atoms with van der Waals surface area (Å²) >= 11 is 0. The van der Waals surface area contributed by atoms with Crippen LogP contribution in [-0.4, -0.2) is 120 Å². The second-order valence-electron chi connectivity index (χ2n) is 15.0. The summed E-state index contributed by atoms with van der Waals surface area (Å²) in [6.07, 6.45) is -1.45. The number of rotatable bonds is 13. The lowest BCUT2D eigenvalue weighted by molar-refractivity contribution is -0.138. The van der Waals surface area contributed by atoms with Gasteiger partial charge in [-0.15, -0.1) is 0 Å². The molecule has 17 heteroatoms. The third-order valence-corrected chi connectivity index (χ3v) is 12.6. The van der Waals surface area contributed by atoms with Crippen LogP contribution in [0.3, 0.4) is 0 Å². The zero-order valence-electron chi connectivity index (χ0n) is 30.4. The van der Waals surface area contributed by atoms with Crippen molar-refractivity contribution in [3.8, 4) is 22.9 Å². The number of para-hydroxylation sites is 1. The zero-order valence-corrected chi connectivity index (χ0v) is 31.2. The van der Waals surface area contributed by atoms with Gasteiger partial charge in [-0.25, -0.2) is 13.2 Å². The molecule has 7 rings (SSSR count). The summed E-state index contributed by atoms with van der Waals surface area (Å²) in [5.74, 6) is -1.20. The lowest BCUT2D eigenvalue weighted by Gasteiger charge is -2.43. The normalized spacial score (nSPS) is 20.1. The van der Waals surface area contributed by atoms with E-state index in [0.29, 0.717) is 58.2 Å². The SMILES string of the molecule is CC(C)CS(=O)(=O)c1ccccc1Oc1ccc(-c2noc(CN3C(=O)N(CCN4CCOCC4)C4(CCN(CC5CC5)CC4)C3=O)n2)cc1C(F)(F)F. The third-order valence-electron chi connectivity index (χ3n) is 10.5. The van der Waals surface area contributed by atoms with Crippen LogP contribution in [0.2, 0.25) is 0 Å². The minimum atomic E-state index is -4.90. The van der Waals surface area contributed by atoms with Crippen molar-refractivity contribution >= 4 is 21.8 Å². The molecule has 0 bridgehead atoms. The van der Waals surface area contributed by atoms with Gasteiger partial charge in [-0.3, -0.25) is 14.6 Å². The molecule has 1 spiro atoms. The van der Waals surface area contributed by atoms with E-state index in [1.165, 1.54) is 43.2 Å². The van der Waals surface area contributed by atoms with Gasteiger partial charge >= 0.3 is 12.2 Å². The number of sulfone groups is 1. The average Bonchev–Trinajstić information content (AvgIpc) is 3.79. The highest BCUT2D eigenvalue weighted by Gasteiger charge is 2.58. The fraction of sp³-hybridized carbons (Fsp3) is 0.568. The Morgan fingerprint density at radius 3 is 2.37 bits per heavy atom. The Morgan fingerprint density at radius 2 is 1.69 bits per heavy atom. The van der Waals surface area contributed by atoms with Crippen LogP contribution in [-0.2, 0) is 32.1 Å². The molecule has 3 aromatic rings. The lowest BCUT2D eigenvalue weighted by atomic mass is 9.85. The third kappa shape index (κ3) is 8.14. The van der Waals surface area contributed by atoms with Gasteiger partial charge in [-0.1, -0.05) is 31.1 Å². The summed E-state index contributed by atoms with van der Waals surface area (Å²) < 4.78 is 85.8. The maximum absolute atomic E-state index is 14.4. The lowest BCUT2D eigenvalue weighted by Crippen LogP contribution is -2.58. The standard InChI is InChI=1S/C37H45F3N6O7S/c1-25(2)24-54(49,50)31-6-4-3-5-30(31)52-29-10-9-27(21-28(29)37(38,39)40)33-41-32(53-42-33)23-45-34(47)36(11-13-44(14-12-36)22-26-7-8-26)46(35(45)48)16-15-43-17-19-51-20-18-43/h3-6,9-10,21,25-26H,7-8,11-20,22-24H2,1-2H3. The molecule has 3 amide bonds. The molecule has 4 heterocycles. The first-order valence-corrected chi connectivity index (χ1v) is 20.1. The van der Waals surface area contributed by atoms with Crippen molar-refractivity contribution in [3.05, 3.63) is 53.9 Å². The number of amides is 3. The molecule has 3 aliphatic heterocycles. The smallest absolute Gasteiger partial charge is 0.420 e. The number of ether oxygens (including phenoxy) is 2. The maximum Gasteiger partial charge on any atom is 0.420 e. The largest absolute Gasteiger partial charge is 0.455 e. The van der Waals surface area contributed by atoms with E-state index >= 15 is 0 Å². The number of hydrogen-bond donors (Lipinski definition) is 0. The first-order valence-electron chi connectivity index (χ1n) is 18.4. The van der Waals surface area contributed by atoms with Gasteiger partial charge in [-0.05, 0) is 67.9 Å². The molecule has 0 atom stereocenters. The highest BCUT2D eigenvalue weighted by atomic mass is 32.2. The summed E-state index contributed by atoms with van der Waals surface area (Å²) in [7, 11) is -3.85. The van der Waals surface area contributed by atoms with Crippen LogP contribution in [0.5, 0.6) is 11.5 Å². The number of hydrogen-bond acceptors (Lipinski definition) is 11. The van der Waals surface area contributed by atoms with Crippen LogP contribution in [0.4, 0.5) is 18.0 Å². The predicted octanol–water partition coefficient (Wildman–Crippen LogP) is 5.32. The van der Waals surface area contributed by atoms with Gasteiger partial charge < -0.3 is 23.8 Å². The number of aromatic nitrogens is 2. The number of urea groups is 1. The Morgan fingerprint density at radius 1 is 0.963 bits per heavy atom. The summed E-state index contributed by atoms with van der Waals surface area (Å²) in [5, 5.41) is 3.89. The molecule has 1 aromatic heterocycles. The molecule has 4 fully saturated rings. The Hall–Kier alpha value is -4.06. The highest BCUT2D eigenvalue weighted by Crippen LogP contribution is 2.42. The van der Waals surface area contributed by atoms with Crippen molar-refractivity contribution in [1.82, 2.24) is 29.7 Å². The number of morpholine rings is 1. The van der Waals surface area contributed by atoms with Crippen LogP contribution in [0, 0.1) is 11.8 Å². The van der Waals surface area contributed by atoms with Crippen LogP contribution < -0.4 is 4.74 Å². The van der Waals surface area contributed by atoms with E-state index in [2.05, 4.69) is 19.9 Å². The van der Waals surface area contributed by atoms with Gasteiger partial charge in [0.15, 0.2) is 9.84 Å². The van der Waals surface area contributed by atoms with E-state index in [-0.39, 0.29) is 52.0 Å².